The molecule has 0 aromatic heterocycles. The minimum atomic E-state index is -0.778. The van der Waals surface area contributed by atoms with Crippen LogP contribution in [-0.2, 0) is 38.1 Å². The van der Waals surface area contributed by atoms with Gasteiger partial charge in [-0.05, 0) is 84.5 Å². The van der Waals surface area contributed by atoms with Gasteiger partial charge in [0.15, 0.2) is 0 Å². The van der Waals surface area contributed by atoms with Gasteiger partial charge in [0, 0.05) is 0 Å². The molecule has 0 radical (unpaired) electrons. The van der Waals surface area contributed by atoms with Gasteiger partial charge in [-0.1, -0.05) is 20.3 Å². The summed E-state index contributed by atoms with van der Waals surface area (Å²) in [5, 5.41) is 0. The summed E-state index contributed by atoms with van der Waals surface area (Å²) in [6.07, 6.45) is 3.32. The lowest BCUT2D eigenvalue weighted by atomic mass is 9.79. The monoisotopic (exact) mass is 510 g/mol. The summed E-state index contributed by atoms with van der Waals surface area (Å²) in [4.78, 5) is 50.6. The van der Waals surface area contributed by atoms with Crippen molar-refractivity contribution in [2.75, 3.05) is 14.2 Å². The summed E-state index contributed by atoms with van der Waals surface area (Å²) in [5.41, 5.74) is -1.40. The predicted octanol–water partition coefficient (Wildman–Crippen LogP) is 4.72. The minimum absolute atomic E-state index is 0.00616. The van der Waals surface area contributed by atoms with E-state index in [1.807, 2.05) is 48.5 Å². The molecule has 0 saturated heterocycles. The van der Waals surface area contributed by atoms with Crippen molar-refractivity contribution in [3.8, 4) is 0 Å². The highest BCUT2D eigenvalue weighted by Crippen LogP contribution is 2.46. The molecule has 36 heavy (non-hydrogen) atoms. The van der Waals surface area contributed by atoms with E-state index in [-0.39, 0.29) is 59.4 Å². The van der Waals surface area contributed by atoms with Gasteiger partial charge < -0.3 is 18.9 Å². The molecule has 0 N–H and O–H groups in total. The zero-order valence-corrected chi connectivity index (χ0v) is 23.6. The Balaban J connectivity index is 2.11. The zero-order valence-electron chi connectivity index (χ0n) is 23.6. The van der Waals surface area contributed by atoms with Gasteiger partial charge in [0.05, 0.1) is 37.9 Å². The van der Waals surface area contributed by atoms with E-state index in [1.165, 1.54) is 14.2 Å². The third-order valence-electron chi connectivity index (χ3n) is 7.83. The van der Waals surface area contributed by atoms with E-state index in [2.05, 4.69) is 0 Å². The Kier molecular flexibility index (Phi) is 9.99. The summed E-state index contributed by atoms with van der Waals surface area (Å²) in [7, 11) is 2.74. The lowest BCUT2D eigenvalue weighted by molar-refractivity contribution is -0.167. The van der Waals surface area contributed by atoms with E-state index in [4.69, 9.17) is 18.9 Å². The Hall–Kier alpha value is -2.12. The molecule has 0 bridgehead atoms. The average Bonchev–Trinajstić information content (AvgIpc) is 3.41. The van der Waals surface area contributed by atoms with Crippen molar-refractivity contribution >= 4 is 23.9 Å². The molecule has 0 spiro atoms. The Morgan fingerprint density at radius 3 is 1.75 bits per heavy atom. The highest BCUT2D eigenvalue weighted by atomic mass is 16.6. The second kappa shape index (κ2) is 12.0. The number of carbonyl (C=O) groups excluding carboxylic acids is 4. The number of hydrogen-bond donors (Lipinski definition) is 0. The molecule has 1 unspecified atom stereocenters. The topological polar surface area (TPSA) is 105 Å². The van der Waals surface area contributed by atoms with E-state index in [0.717, 1.165) is 6.42 Å². The van der Waals surface area contributed by atoms with Gasteiger partial charge in [-0.2, -0.15) is 0 Å². The SMILES string of the molecule is CC[C@H]1C[C@@H](C(=O)OC)C[C@H]1C(=O)OC(C)(C)CC(C)[C@@H]1C[C@H](C(=O)OC)C[C@@H]1C(=O)OC(C)(C)C. The maximum absolute atomic E-state index is 13.2. The second-order valence-electron chi connectivity index (χ2n) is 12.3. The number of hydrogen-bond acceptors (Lipinski definition) is 8. The summed E-state index contributed by atoms with van der Waals surface area (Å²) < 4.78 is 21.6. The minimum Gasteiger partial charge on any atom is -0.469 e. The van der Waals surface area contributed by atoms with Crippen molar-refractivity contribution in [2.45, 2.75) is 98.2 Å². The summed E-state index contributed by atoms with van der Waals surface area (Å²) in [5.74, 6) is -2.57. The molecule has 2 rings (SSSR count). The van der Waals surface area contributed by atoms with E-state index in [9.17, 15) is 19.2 Å². The summed E-state index contributed by atoms with van der Waals surface area (Å²) in [6.45, 7) is 13.3. The first-order valence-corrected chi connectivity index (χ1v) is 13.2. The Morgan fingerprint density at radius 1 is 0.750 bits per heavy atom. The number of carbonyl (C=O) groups is 4. The maximum atomic E-state index is 13.2. The van der Waals surface area contributed by atoms with Gasteiger partial charge >= 0.3 is 23.9 Å². The molecule has 0 aromatic carbocycles. The third kappa shape index (κ3) is 7.69. The molecule has 7 atom stereocenters. The van der Waals surface area contributed by atoms with Gasteiger partial charge in [-0.3, -0.25) is 19.2 Å². The van der Waals surface area contributed by atoms with Crippen molar-refractivity contribution in [3.05, 3.63) is 0 Å². The highest BCUT2D eigenvalue weighted by molar-refractivity contribution is 5.79. The molecule has 0 heterocycles. The maximum Gasteiger partial charge on any atom is 0.309 e. The highest BCUT2D eigenvalue weighted by Gasteiger charge is 2.48. The van der Waals surface area contributed by atoms with Crippen LogP contribution in [0, 0.1) is 41.4 Å². The van der Waals surface area contributed by atoms with Crippen LogP contribution < -0.4 is 0 Å². The van der Waals surface area contributed by atoms with Crippen LogP contribution in [0.2, 0.25) is 0 Å². The second-order valence-corrected chi connectivity index (χ2v) is 12.3. The lowest BCUT2D eigenvalue weighted by Gasteiger charge is -2.34. The molecule has 0 amide bonds. The van der Waals surface area contributed by atoms with E-state index in [0.29, 0.717) is 32.1 Å². The van der Waals surface area contributed by atoms with E-state index >= 15 is 0 Å². The number of esters is 4. The molecular formula is C28H46O8. The van der Waals surface area contributed by atoms with Crippen LogP contribution in [0.25, 0.3) is 0 Å². The van der Waals surface area contributed by atoms with Crippen molar-refractivity contribution < 1.29 is 38.1 Å². The Morgan fingerprint density at radius 2 is 1.25 bits per heavy atom. The van der Waals surface area contributed by atoms with Crippen molar-refractivity contribution in [3.63, 3.8) is 0 Å². The van der Waals surface area contributed by atoms with Crippen LogP contribution in [0.4, 0.5) is 0 Å². The van der Waals surface area contributed by atoms with Crippen molar-refractivity contribution in [1.82, 2.24) is 0 Å². The molecule has 2 fully saturated rings. The quantitative estimate of drug-likeness (QED) is 0.324. The van der Waals surface area contributed by atoms with Crippen LogP contribution in [0.5, 0.6) is 0 Å². The lowest BCUT2D eigenvalue weighted by Crippen LogP contribution is -2.37. The smallest absolute Gasteiger partial charge is 0.309 e. The van der Waals surface area contributed by atoms with Crippen LogP contribution in [0.3, 0.4) is 0 Å². The molecule has 206 valence electrons. The third-order valence-corrected chi connectivity index (χ3v) is 7.83. The van der Waals surface area contributed by atoms with Gasteiger partial charge in [0.2, 0.25) is 0 Å². The van der Waals surface area contributed by atoms with E-state index < -0.39 is 17.1 Å². The van der Waals surface area contributed by atoms with Crippen LogP contribution >= 0.6 is 0 Å². The normalized spacial score (nSPS) is 29.4. The largest absolute Gasteiger partial charge is 0.469 e. The van der Waals surface area contributed by atoms with Crippen LogP contribution in [-0.4, -0.2) is 49.3 Å². The molecule has 2 aliphatic rings. The van der Waals surface area contributed by atoms with Crippen molar-refractivity contribution in [1.29, 1.82) is 0 Å². The molecule has 8 heteroatoms. The van der Waals surface area contributed by atoms with Crippen LogP contribution in [0.15, 0.2) is 0 Å². The fraction of sp³-hybridized carbons (Fsp3) is 0.857. The summed E-state index contributed by atoms with van der Waals surface area (Å²) >= 11 is 0. The molecule has 0 aliphatic heterocycles. The number of methoxy groups -OCH3 is 2. The van der Waals surface area contributed by atoms with Crippen molar-refractivity contribution in [2.24, 2.45) is 41.4 Å². The first-order valence-electron chi connectivity index (χ1n) is 13.2. The van der Waals surface area contributed by atoms with Gasteiger partial charge in [-0.25, -0.2) is 0 Å². The van der Waals surface area contributed by atoms with E-state index in [1.54, 1.807) is 0 Å². The fourth-order valence-electron chi connectivity index (χ4n) is 6.25. The molecule has 8 nitrogen and oxygen atoms in total. The molecule has 2 saturated carbocycles. The standard InChI is InChI=1S/C28H46O8/c1-10-17-11-18(23(29)33-8)13-21(17)25(31)36-28(6,7)15-16(2)20-12-19(24(30)34-9)14-22(20)26(32)35-27(3,4)5/h16-22H,10-15H2,1-9H3/t16?,17-,18+,19-,20-,21+,22-/m0/s1. The van der Waals surface area contributed by atoms with Gasteiger partial charge in [0.1, 0.15) is 11.2 Å². The number of rotatable bonds is 9. The summed E-state index contributed by atoms with van der Waals surface area (Å²) in [6, 6.07) is 0. The number of ether oxygens (including phenoxy) is 4. The zero-order chi connectivity index (χ0) is 27.4. The predicted molar refractivity (Wildman–Crippen MR) is 134 cm³/mol. The van der Waals surface area contributed by atoms with Gasteiger partial charge in [-0.15, -0.1) is 0 Å². The first-order chi connectivity index (χ1) is 16.6. The molecule has 2 aliphatic carbocycles. The fourth-order valence-corrected chi connectivity index (χ4v) is 6.25. The Labute approximate surface area is 216 Å². The average molecular weight is 511 g/mol. The molecular weight excluding hydrogens is 464 g/mol. The molecule has 0 aromatic rings. The van der Waals surface area contributed by atoms with Crippen LogP contribution in [0.1, 0.15) is 87.0 Å². The van der Waals surface area contributed by atoms with Gasteiger partial charge in [0.25, 0.3) is 0 Å². The Bertz CT molecular complexity index is 811. The first kappa shape index (κ1) is 30.1.